The Hall–Kier alpha value is -0.770. The summed E-state index contributed by atoms with van der Waals surface area (Å²) in [6.45, 7) is 15.7. The van der Waals surface area contributed by atoms with Gasteiger partial charge in [0.2, 0.25) is 0 Å². The van der Waals surface area contributed by atoms with E-state index in [0.717, 1.165) is 31.5 Å². The van der Waals surface area contributed by atoms with Gasteiger partial charge in [-0.15, -0.1) is 0 Å². The highest BCUT2D eigenvalue weighted by molar-refractivity contribution is 5.79. The van der Waals surface area contributed by atoms with Crippen LogP contribution in [0.1, 0.15) is 53.9 Å². The second-order valence-corrected chi connectivity index (χ2v) is 5.90. The molecule has 120 valence electrons. The molecule has 0 aliphatic heterocycles. The minimum Gasteiger partial charge on any atom is -0.356 e. The maximum absolute atomic E-state index is 4.28. The van der Waals surface area contributed by atoms with Gasteiger partial charge in [-0.05, 0) is 51.7 Å². The summed E-state index contributed by atoms with van der Waals surface area (Å²) in [5.74, 6) is 1.66. The Labute approximate surface area is 126 Å². The van der Waals surface area contributed by atoms with Gasteiger partial charge in [-0.25, -0.2) is 0 Å². The van der Waals surface area contributed by atoms with E-state index in [1.165, 1.54) is 25.8 Å². The van der Waals surface area contributed by atoms with E-state index in [9.17, 15) is 0 Å². The van der Waals surface area contributed by atoms with Crippen LogP contribution in [0.3, 0.4) is 0 Å². The molecule has 0 saturated carbocycles. The first kappa shape index (κ1) is 19.2. The van der Waals surface area contributed by atoms with E-state index in [1.807, 2.05) is 7.05 Å². The number of guanidine groups is 1. The molecule has 0 saturated heterocycles. The molecular weight excluding hydrogens is 248 g/mol. The third-order valence-corrected chi connectivity index (χ3v) is 3.63. The average molecular weight is 284 g/mol. The zero-order valence-corrected chi connectivity index (χ0v) is 14.5. The van der Waals surface area contributed by atoms with E-state index in [2.05, 4.69) is 55.1 Å². The molecule has 0 aromatic carbocycles. The molecule has 0 aromatic heterocycles. The lowest BCUT2D eigenvalue weighted by Crippen LogP contribution is -2.43. The molecule has 0 bridgehead atoms. The van der Waals surface area contributed by atoms with Crippen molar-refractivity contribution in [2.75, 3.05) is 33.2 Å². The molecule has 0 aliphatic carbocycles. The summed E-state index contributed by atoms with van der Waals surface area (Å²) < 4.78 is 0. The normalized spacial score (nSPS) is 13.9. The summed E-state index contributed by atoms with van der Waals surface area (Å²) in [4.78, 5) is 6.76. The zero-order valence-electron chi connectivity index (χ0n) is 14.5. The SMILES string of the molecule is CCN(CC)CCCC(C)NC(=NC)NCCC(C)C. The van der Waals surface area contributed by atoms with Crippen LogP contribution in [0.15, 0.2) is 4.99 Å². The quantitative estimate of drug-likeness (QED) is 0.479. The van der Waals surface area contributed by atoms with Crippen LogP contribution in [0.25, 0.3) is 0 Å². The standard InChI is InChI=1S/C16H36N4/c1-7-20(8-2)13-9-10-15(5)19-16(17-6)18-12-11-14(3)4/h14-15H,7-13H2,1-6H3,(H2,17,18,19). The van der Waals surface area contributed by atoms with Crippen LogP contribution in [0.2, 0.25) is 0 Å². The molecule has 0 spiro atoms. The summed E-state index contributed by atoms with van der Waals surface area (Å²) in [6.07, 6.45) is 3.59. The number of nitrogens with one attached hydrogen (secondary N) is 2. The van der Waals surface area contributed by atoms with Crippen molar-refractivity contribution < 1.29 is 0 Å². The number of nitrogens with zero attached hydrogens (tertiary/aromatic N) is 2. The predicted octanol–water partition coefficient (Wildman–Crippen LogP) is 2.71. The Morgan fingerprint density at radius 1 is 1.10 bits per heavy atom. The summed E-state index contributed by atoms with van der Waals surface area (Å²) >= 11 is 0. The first-order chi connectivity index (χ1) is 9.53. The minimum atomic E-state index is 0.468. The maximum atomic E-state index is 4.28. The largest absolute Gasteiger partial charge is 0.356 e. The van der Waals surface area contributed by atoms with Crippen molar-refractivity contribution in [1.29, 1.82) is 0 Å². The molecule has 4 heteroatoms. The first-order valence-electron chi connectivity index (χ1n) is 8.22. The lowest BCUT2D eigenvalue weighted by Gasteiger charge is -2.21. The van der Waals surface area contributed by atoms with E-state index in [-0.39, 0.29) is 0 Å². The zero-order chi connectivity index (χ0) is 15.4. The molecule has 0 amide bonds. The molecule has 1 unspecified atom stereocenters. The Balaban J connectivity index is 3.83. The molecule has 4 nitrogen and oxygen atoms in total. The second-order valence-electron chi connectivity index (χ2n) is 5.90. The smallest absolute Gasteiger partial charge is 0.191 e. The van der Waals surface area contributed by atoms with Gasteiger partial charge in [-0.2, -0.15) is 0 Å². The third-order valence-electron chi connectivity index (χ3n) is 3.63. The van der Waals surface area contributed by atoms with Gasteiger partial charge in [-0.3, -0.25) is 4.99 Å². The Kier molecular flexibility index (Phi) is 11.5. The fraction of sp³-hybridized carbons (Fsp3) is 0.938. The fourth-order valence-electron chi connectivity index (χ4n) is 2.14. The van der Waals surface area contributed by atoms with Gasteiger partial charge in [0.25, 0.3) is 0 Å². The summed E-state index contributed by atoms with van der Waals surface area (Å²) in [5.41, 5.74) is 0. The number of aliphatic imine (C=N–C) groups is 1. The predicted molar refractivity (Wildman–Crippen MR) is 90.4 cm³/mol. The second kappa shape index (κ2) is 12.0. The van der Waals surface area contributed by atoms with Gasteiger partial charge >= 0.3 is 0 Å². The molecule has 1 atom stereocenters. The van der Waals surface area contributed by atoms with Crippen LogP contribution < -0.4 is 10.6 Å². The van der Waals surface area contributed by atoms with E-state index >= 15 is 0 Å². The Bertz CT molecular complexity index is 247. The van der Waals surface area contributed by atoms with Crippen LogP contribution in [0.4, 0.5) is 0 Å². The van der Waals surface area contributed by atoms with Crippen LogP contribution in [0.5, 0.6) is 0 Å². The molecule has 0 heterocycles. The van der Waals surface area contributed by atoms with Crippen LogP contribution >= 0.6 is 0 Å². The van der Waals surface area contributed by atoms with Crippen molar-refractivity contribution in [3.05, 3.63) is 0 Å². The lowest BCUT2D eigenvalue weighted by atomic mass is 10.1. The van der Waals surface area contributed by atoms with Crippen LogP contribution in [0, 0.1) is 5.92 Å². The highest BCUT2D eigenvalue weighted by atomic mass is 15.2. The van der Waals surface area contributed by atoms with Crippen LogP contribution in [-0.4, -0.2) is 50.1 Å². The van der Waals surface area contributed by atoms with Crippen molar-refractivity contribution in [2.24, 2.45) is 10.9 Å². The van der Waals surface area contributed by atoms with Gasteiger partial charge in [0, 0.05) is 19.6 Å². The van der Waals surface area contributed by atoms with Crippen LogP contribution in [-0.2, 0) is 0 Å². The summed E-state index contributed by atoms with van der Waals surface area (Å²) in [6, 6.07) is 0.468. The van der Waals surface area contributed by atoms with E-state index in [1.54, 1.807) is 0 Å². The molecule has 0 aliphatic rings. The summed E-state index contributed by atoms with van der Waals surface area (Å²) in [7, 11) is 1.84. The number of hydrogen-bond donors (Lipinski definition) is 2. The van der Waals surface area contributed by atoms with Crippen molar-refractivity contribution in [1.82, 2.24) is 15.5 Å². The van der Waals surface area contributed by atoms with Crippen molar-refractivity contribution in [2.45, 2.75) is 59.9 Å². The molecule has 0 rings (SSSR count). The highest BCUT2D eigenvalue weighted by Gasteiger charge is 2.06. The highest BCUT2D eigenvalue weighted by Crippen LogP contribution is 2.00. The van der Waals surface area contributed by atoms with Crippen molar-refractivity contribution in [3.63, 3.8) is 0 Å². The van der Waals surface area contributed by atoms with Crippen molar-refractivity contribution in [3.8, 4) is 0 Å². The molecule has 0 fully saturated rings. The Morgan fingerprint density at radius 3 is 2.25 bits per heavy atom. The monoisotopic (exact) mass is 284 g/mol. The number of rotatable bonds is 10. The maximum Gasteiger partial charge on any atom is 0.191 e. The van der Waals surface area contributed by atoms with Gasteiger partial charge in [-0.1, -0.05) is 27.7 Å². The van der Waals surface area contributed by atoms with E-state index < -0.39 is 0 Å². The topological polar surface area (TPSA) is 39.7 Å². The van der Waals surface area contributed by atoms with Gasteiger partial charge in [0.15, 0.2) is 5.96 Å². The van der Waals surface area contributed by atoms with Gasteiger partial charge in [0.05, 0.1) is 0 Å². The lowest BCUT2D eigenvalue weighted by molar-refractivity contribution is 0.292. The minimum absolute atomic E-state index is 0.468. The molecular formula is C16H36N4. The Morgan fingerprint density at radius 2 is 1.75 bits per heavy atom. The van der Waals surface area contributed by atoms with Gasteiger partial charge in [0.1, 0.15) is 0 Å². The molecule has 0 aromatic rings. The molecule has 0 radical (unpaired) electrons. The molecule has 2 N–H and O–H groups in total. The van der Waals surface area contributed by atoms with Crippen molar-refractivity contribution >= 4 is 5.96 Å². The van der Waals surface area contributed by atoms with E-state index in [4.69, 9.17) is 0 Å². The first-order valence-corrected chi connectivity index (χ1v) is 8.22. The van der Waals surface area contributed by atoms with Gasteiger partial charge < -0.3 is 15.5 Å². The average Bonchev–Trinajstić information content (AvgIpc) is 2.42. The third kappa shape index (κ3) is 10.1. The number of hydrogen-bond acceptors (Lipinski definition) is 2. The van der Waals surface area contributed by atoms with E-state index in [0.29, 0.717) is 6.04 Å². The summed E-state index contributed by atoms with van der Waals surface area (Å²) in [5, 5.41) is 6.85. The fourth-order valence-corrected chi connectivity index (χ4v) is 2.14. The molecule has 20 heavy (non-hydrogen) atoms.